The molecule has 0 saturated carbocycles. The van der Waals surface area contributed by atoms with Gasteiger partial charge in [0, 0.05) is 31.9 Å². The lowest BCUT2D eigenvalue weighted by Crippen LogP contribution is -2.48. The first-order valence-electron chi connectivity index (χ1n) is 13.1. The van der Waals surface area contributed by atoms with Gasteiger partial charge in [0.2, 0.25) is 11.8 Å². The second-order valence-electron chi connectivity index (χ2n) is 10.2. The van der Waals surface area contributed by atoms with E-state index < -0.39 is 5.92 Å². The van der Waals surface area contributed by atoms with Crippen LogP contribution in [0, 0.1) is 31.5 Å². The van der Waals surface area contributed by atoms with Crippen LogP contribution in [0.3, 0.4) is 0 Å². The topological polar surface area (TPSA) is 79.9 Å². The Hall–Kier alpha value is -3.91. The molecule has 1 saturated heterocycles. The van der Waals surface area contributed by atoms with Crippen LogP contribution in [0.5, 0.6) is 11.5 Å². The molecule has 206 valence electrons. The molecule has 0 aliphatic carbocycles. The lowest BCUT2D eigenvalue weighted by Gasteiger charge is -2.36. The predicted molar refractivity (Wildman–Crippen MR) is 149 cm³/mol. The predicted octanol–water partition coefficient (Wildman–Crippen LogP) is 4.85. The van der Waals surface area contributed by atoms with E-state index in [4.69, 9.17) is 9.47 Å². The van der Waals surface area contributed by atoms with Gasteiger partial charge in [0.1, 0.15) is 5.82 Å². The summed E-state index contributed by atoms with van der Waals surface area (Å²) >= 11 is 0. The third kappa shape index (κ3) is 7.57. The van der Waals surface area contributed by atoms with Gasteiger partial charge in [-0.05, 0) is 67.8 Å². The first kappa shape index (κ1) is 28.1. The number of hydrogen-bond donors (Lipinski definition) is 2. The largest absolute Gasteiger partial charge is 0.493 e. The van der Waals surface area contributed by atoms with E-state index in [1.165, 1.54) is 24.3 Å². The van der Waals surface area contributed by atoms with Crippen molar-refractivity contribution in [1.82, 2.24) is 10.2 Å². The number of carbonyl (C=O) groups excluding carboxylic acids is 2. The Kier molecular flexibility index (Phi) is 9.19. The van der Waals surface area contributed by atoms with E-state index in [1.54, 1.807) is 14.2 Å². The van der Waals surface area contributed by atoms with E-state index in [-0.39, 0.29) is 23.5 Å². The Morgan fingerprint density at radius 2 is 1.49 bits per heavy atom. The molecule has 1 aliphatic heterocycles. The first-order valence-corrected chi connectivity index (χ1v) is 13.1. The summed E-state index contributed by atoms with van der Waals surface area (Å²) in [5, 5.41) is 5.97. The van der Waals surface area contributed by atoms with E-state index in [0.717, 1.165) is 22.3 Å². The molecule has 4 rings (SSSR count). The van der Waals surface area contributed by atoms with Crippen LogP contribution in [0.4, 0.5) is 10.1 Å². The lowest BCUT2D eigenvalue weighted by atomic mass is 9.87. The first-order chi connectivity index (χ1) is 18.7. The summed E-state index contributed by atoms with van der Waals surface area (Å²) < 4.78 is 24.1. The molecule has 0 spiro atoms. The van der Waals surface area contributed by atoms with Crippen molar-refractivity contribution in [1.29, 1.82) is 0 Å². The van der Waals surface area contributed by atoms with Gasteiger partial charge in [0.05, 0.1) is 26.1 Å². The number of piperidine rings is 1. The summed E-state index contributed by atoms with van der Waals surface area (Å²) in [5.41, 5.74) is 4.85. The average molecular weight is 534 g/mol. The van der Waals surface area contributed by atoms with Crippen molar-refractivity contribution in [2.45, 2.75) is 33.4 Å². The second-order valence-corrected chi connectivity index (χ2v) is 10.2. The molecule has 0 unspecified atom stereocenters. The SMILES string of the molecule is COc1ccc(CN2C[C@@H](C(=O)NCc3cc(C)cc(C)c3)C[C@@H](C(=O)Nc3ccc(F)cc3)C2)cc1OC. The van der Waals surface area contributed by atoms with Crippen molar-refractivity contribution < 1.29 is 23.5 Å². The monoisotopic (exact) mass is 533 g/mol. The van der Waals surface area contributed by atoms with Gasteiger partial charge in [-0.2, -0.15) is 0 Å². The summed E-state index contributed by atoms with van der Waals surface area (Å²) in [5.74, 6) is -0.154. The van der Waals surface area contributed by atoms with Crippen molar-refractivity contribution in [2.24, 2.45) is 11.8 Å². The number of likely N-dealkylation sites (tertiary alicyclic amines) is 1. The van der Waals surface area contributed by atoms with Gasteiger partial charge in [-0.25, -0.2) is 4.39 Å². The average Bonchev–Trinajstić information content (AvgIpc) is 2.92. The van der Waals surface area contributed by atoms with Crippen LogP contribution >= 0.6 is 0 Å². The van der Waals surface area contributed by atoms with Crippen LogP contribution in [0.2, 0.25) is 0 Å². The summed E-state index contributed by atoms with van der Waals surface area (Å²) in [6.07, 6.45) is 0.425. The van der Waals surface area contributed by atoms with E-state index in [1.807, 2.05) is 32.0 Å². The third-order valence-electron chi connectivity index (χ3n) is 6.98. The molecule has 1 aliphatic rings. The summed E-state index contributed by atoms with van der Waals surface area (Å²) in [4.78, 5) is 28.7. The third-order valence-corrected chi connectivity index (χ3v) is 6.98. The molecule has 39 heavy (non-hydrogen) atoms. The van der Waals surface area contributed by atoms with Crippen LogP contribution < -0.4 is 20.1 Å². The molecule has 7 nitrogen and oxygen atoms in total. The number of carbonyl (C=O) groups is 2. The van der Waals surface area contributed by atoms with Gasteiger partial charge in [-0.1, -0.05) is 35.4 Å². The maximum atomic E-state index is 13.3. The van der Waals surface area contributed by atoms with Gasteiger partial charge in [-0.15, -0.1) is 0 Å². The fourth-order valence-corrected chi connectivity index (χ4v) is 5.22. The summed E-state index contributed by atoms with van der Waals surface area (Å²) in [6.45, 7) is 6.06. The quantitative estimate of drug-likeness (QED) is 0.411. The van der Waals surface area contributed by atoms with Crippen molar-refractivity contribution in [3.8, 4) is 11.5 Å². The molecule has 2 atom stereocenters. The Morgan fingerprint density at radius 3 is 2.13 bits per heavy atom. The second kappa shape index (κ2) is 12.8. The summed E-state index contributed by atoms with van der Waals surface area (Å²) in [6, 6.07) is 17.6. The van der Waals surface area contributed by atoms with Crippen molar-refractivity contribution in [2.75, 3.05) is 32.6 Å². The van der Waals surface area contributed by atoms with E-state index in [9.17, 15) is 14.0 Å². The number of aryl methyl sites for hydroxylation is 2. The molecule has 2 N–H and O–H groups in total. The van der Waals surface area contributed by atoms with Gasteiger partial charge < -0.3 is 20.1 Å². The summed E-state index contributed by atoms with van der Waals surface area (Å²) in [7, 11) is 3.18. The zero-order valence-corrected chi connectivity index (χ0v) is 22.9. The molecular formula is C31H36FN3O4. The number of methoxy groups -OCH3 is 2. The maximum Gasteiger partial charge on any atom is 0.228 e. The Bertz CT molecular complexity index is 1290. The van der Waals surface area contributed by atoms with Gasteiger partial charge in [0.25, 0.3) is 0 Å². The van der Waals surface area contributed by atoms with Crippen molar-refractivity contribution >= 4 is 17.5 Å². The normalized spacial score (nSPS) is 17.4. The molecular weight excluding hydrogens is 497 g/mol. The fraction of sp³-hybridized carbons (Fsp3) is 0.355. The zero-order valence-electron chi connectivity index (χ0n) is 22.9. The molecule has 3 aromatic carbocycles. The van der Waals surface area contributed by atoms with Crippen molar-refractivity contribution in [3.63, 3.8) is 0 Å². The number of anilines is 1. The number of ether oxygens (including phenoxy) is 2. The molecule has 1 heterocycles. The van der Waals surface area contributed by atoms with Crippen LogP contribution in [0.25, 0.3) is 0 Å². The highest BCUT2D eigenvalue weighted by molar-refractivity contribution is 5.93. The number of nitrogens with one attached hydrogen (secondary N) is 2. The molecule has 1 fully saturated rings. The highest BCUT2D eigenvalue weighted by atomic mass is 19.1. The zero-order chi connectivity index (χ0) is 27.9. The van der Waals surface area contributed by atoms with Gasteiger partial charge >= 0.3 is 0 Å². The molecule has 2 amide bonds. The minimum absolute atomic E-state index is 0.0780. The van der Waals surface area contributed by atoms with Crippen LogP contribution in [0.1, 0.15) is 28.7 Å². The Balaban J connectivity index is 1.49. The molecule has 3 aromatic rings. The van der Waals surface area contributed by atoms with Crippen LogP contribution in [-0.4, -0.2) is 44.0 Å². The molecule has 0 radical (unpaired) electrons. The lowest BCUT2D eigenvalue weighted by molar-refractivity contribution is -0.130. The maximum absolute atomic E-state index is 13.3. The molecule has 8 heteroatoms. The smallest absolute Gasteiger partial charge is 0.228 e. The highest BCUT2D eigenvalue weighted by Crippen LogP contribution is 2.30. The highest BCUT2D eigenvalue weighted by Gasteiger charge is 2.35. The number of rotatable bonds is 9. The van der Waals surface area contributed by atoms with Crippen LogP contribution in [-0.2, 0) is 22.7 Å². The van der Waals surface area contributed by atoms with E-state index in [0.29, 0.717) is 49.8 Å². The van der Waals surface area contributed by atoms with Crippen LogP contribution in [0.15, 0.2) is 60.7 Å². The fourth-order valence-electron chi connectivity index (χ4n) is 5.22. The van der Waals surface area contributed by atoms with Gasteiger partial charge in [-0.3, -0.25) is 14.5 Å². The number of benzene rings is 3. The Labute approximate surface area is 229 Å². The minimum atomic E-state index is -0.416. The number of halogens is 1. The number of hydrogen-bond acceptors (Lipinski definition) is 5. The standard InChI is InChI=1S/C31H36FN3O4/c1-20-11-21(2)13-23(12-20)16-33-30(36)24-15-25(31(37)34-27-8-6-26(32)7-9-27)19-35(18-24)17-22-5-10-28(38-3)29(14-22)39-4/h5-14,24-25H,15-19H2,1-4H3,(H,33,36)(H,34,37)/t24-,25+/m0/s1. The molecule has 0 aromatic heterocycles. The molecule has 0 bridgehead atoms. The van der Waals surface area contributed by atoms with Crippen molar-refractivity contribution in [3.05, 3.63) is 88.7 Å². The number of nitrogens with zero attached hydrogens (tertiary/aromatic N) is 1. The van der Waals surface area contributed by atoms with Gasteiger partial charge in [0.15, 0.2) is 11.5 Å². The van der Waals surface area contributed by atoms with E-state index >= 15 is 0 Å². The number of amides is 2. The minimum Gasteiger partial charge on any atom is -0.493 e. The Morgan fingerprint density at radius 1 is 0.846 bits per heavy atom. The van der Waals surface area contributed by atoms with E-state index in [2.05, 4.69) is 33.7 Å².